The molecule has 6 heteroatoms. The van der Waals surface area contributed by atoms with E-state index in [1.807, 2.05) is 6.07 Å². The molecule has 2 fully saturated rings. The fraction of sp³-hybridized carbons (Fsp3) is 0.500. The molecule has 2 nitrogen and oxygen atoms in total. The van der Waals surface area contributed by atoms with E-state index in [4.69, 9.17) is 4.74 Å². The van der Waals surface area contributed by atoms with Crippen LogP contribution in [-0.4, -0.2) is 31.1 Å². The molecule has 1 heterocycles. The summed E-state index contributed by atoms with van der Waals surface area (Å²) in [6.45, 7) is 4.84. The first kappa shape index (κ1) is 21.2. The summed E-state index contributed by atoms with van der Waals surface area (Å²) in [6.07, 6.45) is -1.16. The first-order valence-corrected chi connectivity index (χ1v) is 10.5. The molecular formula is C24H27F4NO. The zero-order chi connectivity index (χ0) is 21.4. The van der Waals surface area contributed by atoms with E-state index in [9.17, 15) is 17.6 Å². The van der Waals surface area contributed by atoms with Gasteiger partial charge in [0.25, 0.3) is 0 Å². The van der Waals surface area contributed by atoms with Crippen LogP contribution in [-0.2, 0) is 6.18 Å². The molecule has 30 heavy (non-hydrogen) atoms. The van der Waals surface area contributed by atoms with Gasteiger partial charge in [-0.15, -0.1) is 0 Å². The molecule has 0 amide bonds. The second-order valence-electron chi connectivity index (χ2n) is 8.84. The van der Waals surface area contributed by atoms with Crippen molar-refractivity contribution in [1.29, 1.82) is 0 Å². The van der Waals surface area contributed by atoms with Gasteiger partial charge in [-0.1, -0.05) is 37.3 Å². The van der Waals surface area contributed by atoms with Crippen LogP contribution in [0.15, 0.2) is 48.5 Å². The molecule has 0 bridgehead atoms. The van der Waals surface area contributed by atoms with Crippen LogP contribution < -0.4 is 4.74 Å². The topological polar surface area (TPSA) is 12.5 Å². The van der Waals surface area contributed by atoms with E-state index in [1.54, 1.807) is 0 Å². The molecule has 1 aliphatic carbocycles. The minimum absolute atomic E-state index is 0.110. The van der Waals surface area contributed by atoms with Crippen molar-refractivity contribution < 1.29 is 22.3 Å². The number of alkyl halides is 3. The van der Waals surface area contributed by atoms with Gasteiger partial charge in [0.15, 0.2) is 0 Å². The molecule has 2 aromatic rings. The maximum Gasteiger partial charge on any atom is 0.419 e. The zero-order valence-corrected chi connectivity index (χ0v) is 17.1. The minimum atomic E-state index is -4.56. The highest BCUT2D eigenvalue weighted by atomic mass is 19.4. The molecule has 2 aliphatic rings. The van der Waals surface area contributed by atoms with Crippen LogP contribution in [0.5, 0.6) is 5.75 Å². The Balaban J connectivity index is 1.27. The van der Waals surface area contributed by atoms with Gasteiger partial charge in [0.1, 0.15) is 18.2 Å². The molecule has 2 unspecified atom stereocenters. The SMILES string of the molecule is CC1(C2CC2c2ccccc2)CCN(CCOc2cc(F)ccc2C(F)(F)F)CC1. The number of likely N-dealkylation sites (tertiary alicyclic amines) is 1. The van der Waals surface area contributed by atoms with Crippen LogP contribution in [0.4, 0.5) is 17.6 Å². The zero-order valence-electron chi connectivity index (χ0n) is 17.1. The van der Waals surface area contributed by atoms with Crippen molar-refractivity contribution in [2.75, 3.05) is 26.2 Å². The molecule has 1 saturated heterocycles. The lowest BCUT2D eigenvalue weighted by molar-refractivity contribution is -0.139. The van der Waals surface area contributed by atoms with Crippen molar-refractivity contribution in [3.63, 3.8) is 0 Å². The Hall–Kier alpha value is -2.08. The molecule has 1 aliphatic heterocycles. The highest BCUT2D eigenvalue weighted by Crippen LogP contribution is 2.60. The molecule has 1 saturated carbocycles. The van der Waals surface area contributed by atoms with E-state index in [0.29, 0.717) is 23.8 Å². The van der Waals surface area contributed by atoms with Crippen LogP contribution in [0.25, 0.3) is 0 Å². The largest absolute Gasteiger partial charge is 0.492 e. The predicted molar refractivity (Wildman–Crippen MR) is 108 cm³/mol. The Bertz CT molecular complexity index is 859. The lowest BCUT2D eigenvalue weighted by Crippen LogP contribution is -2.41. The van der Waals surface area contributed by atoms with E-state index >= 15 is 0 Å². The average Bonchev–Trinajstić information content (AvgIpc) is 3.51. The van der Waals surface area contributed by atoms with Gasteiger partial charge in [-0.3, -0.25) is 4.90 Å². The number of rotatable bonds is 6. The van der Waals surface area contributed by atoms with E-state index in [1.165, 1.54) is 12.0 Å². The van der Waals surface area contributed by atoms with E-state index in [-0.39, 0.29) is 6.61 Å². The normalized spacial score (nSPS) is 23.9. The van der Waals surface area contributed by atoms with Gasteiger partial charge in [-0.2, -0.15) is 13.2 Å². The molecule has 2 aromatic carbocycles. The van der Waals surface area contributed by atoms with Crippen molar-refractivity contribution in [1.82, 2.24) is 4.90 Å². The highest BCUT2D eigenvalue weighted by molar-refractivity contribution is 5.36. The Morgan fingerprint density at radius 2 is 1.77 bits per heavy atom. The van der Waals surface area contributed by atoms with Crippen LogP contribution >= 0.6 is 0 Å². The Labute approximate surface area is 174 Å². The summed E-state index contributed by atoms with van der Waals surface area (Å²) in [5.74, 6) is 0.192. The lowest BCUT2D eigenvalue weighted by Gasteiger charge is -2.40. The van der Waals surface area contributed by atoms with Crippen molar-refractivity contribution in [2.45, 2.75) is 38.3 Å². The number of halogens is 4. The summed E-state index contributed by atoms with van der Waals surface area (Å²) in [5.41, 5.74) is 0.801. The fourth-order valence-corrected chi connectivity index (χ4v) is 4.83. The molecule has 162 valence electrons. The minimum Gasteiger partial charge on any atom is -0.492 e. The van der Waals surface area contributed by atoms with Crippen LogP contribution in [0.3, 0.4) is 0 Å². The average molecular weight is 421 g/mol. The second-order valence-corrected chi connectivity index (χ2v) is 8.84. The number of nitrogens with zero attached hydrogens (tertiary/aromatic N) is 1. The monoisotopic (exact) mass is 421 g/mol. The number of hydrogen-bond acceptors (Lipinski definition) is 2. The van der Waals surface area contributed by atoms with Gasteiger partial charge in [0.2, 0.25) is 0 Å². The molecule has 0 spiro atoms. The van der Waals surface area contributed by atoms with Crippen molar-refractivity contribution in [3.05, 3.63) is 65.5 Å². The van der Waals surface area contributed by atoms with Gasteiger partial charge in [-0.25, -0.2) is 4.39 Å². The number of hydrogen-bond donors (Lipinski definition) is 0. The maximum absolute atomic E-state index is 13.4. The summed E-state index contributed by atoms with van der Waals surface area (Å²) in [6, 6.07) is 13.0. The van der Waals surface area contributed by atoms with E-state index in [0.717, 1.165) is 44.1 Å². The first-order chi connectivity index (χ1) is 14.3. The van der Waals surface area contributed by atoms with Crippen LogP contribution in [0.2, 0.25) is 0 Å². The van der Waals surface area contributed by atoms with Crippen molar-refractivity contribution >= 4 is 0 Å². The van der Waals surface area contributed by atoms with E-state index < -0.39 is 23.3 Å². The molecule has 0 radical (unpaired) electrons. The maximum atomic E-state index is 13.4. The number of benzene rings is 2. The van der Waals surface area contributed by atoms with Crippen LogP contribution in [0.1, 0.15) is 43.2 Å². The third-order valence-corrected chi connectivity index (χ3v) is 6.83. The van der Waals surface area contributed by atoms with Gasteiger partial charge in [0, 0.05) is 12.6 Å². The third kappa shape index (κ3) is 4.64. The molecular weight excluding hydrogens is 394 g/mol. The van der Waals surface area contributed by atoms with Gasteiger partial charge in [-0.05, 0) is 67.3 Å². The Morgan fingerprint density at radius 1 is 1.07 bits per heavy atom. The lowest BCUT2D eigenvalue weighted by atomic mass is 9.75. The number of ether oxygens (including phenoxy) is 1. The summed E-state index contributed by atoms with van der Waals surface area (Å²) in [7, 11) is 0. The van der Waals surface area contributed by atoms with Crippen molar-refractivity contribution in [3.8, 4) is 5.75 Å². The van der Waals surface area contributed by atoms with E-state index in [2.05, 4.69) is 36.1 Å². The quantitative estimate of drug-likeness (QED) is 0.521. The molecule has 4 rings (SSSR count). The fourth-order valence-electron chi connectivity index (χ4n) is 4.83. The first-order valence-electron chi connectivity index (χ1n) is 10.5. The van der Waals surface area contributed by atoms with Gasteiger partial charge in [0.05, 0.1) is 5.56 Å². The Morgan fingerprint density at radius 3 is 2.43 bits per heavy atom. The van der Waals surface area contributed by atoms with Crippen molar-refractivity contribution in [2.24, 2.45) is 11.3 Å². The highest BCUT2D eigenvalue weighted by Gasteiger charge is 2.51. The molecule has 0 aromatic heterocycles. The summed E-state index contributed by atoms with van der Waals surface area (Å²) < 4.78 is 57.9. The third-order valence-electron chi connectivity index (χ3n) is 6.83. The Kier molecular flexibility index (Phi) is 5.80. The summed E-state index contributed by atoms with van der Waals surface area (Å²) >= 11 is 0. The van der Waals surface area contributed by atoms with Gasteiger partial charge < -0.3 is 4.74 Å². The second kappa shape index (κ2) is 8.22. The van der Waals surface area contributed by atoms with Crippen LogP contribution in [0, 0.1) is 17.2 Å². The predicted octanol–water partition coefficient (Wildman–Crippen LogP) is 6.13. The number of piperidine rings is 1. The summed E-state index contributed by atoms with van der Waals surface area (Å²) in [4.78, 5) is 2.23. The smallest absolute Gasteiger partial charge is 0.419 e. The molecule has 2 atom stereocenters. The van der Waals surface area contributed by atoms with Gasteiger partial charge >= 0.3 is 6.18 Å². The molecule has 0 N–H and O–H groups in total. The summed E-state index contributed by atoms with van der Waals surface area (Å²) in [5, 5.41) is 0. The standard InChI is InChI=1S/C24H27F4NO/c1-23(21-16-19(21)17-5-3-2-4-6-17)9-11-29(12-10-23)13-14-30-22-15-18(25)7-8-20(22)24(26,27)28/h2-8,15,19,21H,9-14,16H2,1H3.